The molecule has 4 aromatic rings. The number of ether oxygens (including phenoxy) is 1. The maximum absolute atomic E-state index is 13.9. The minimum absolute atomic E-state index is 0.104. The van der Waals surface area contributed by atoms with Crippen molar-refractivity contribution in [3.63, 3.8) is 0 Å². The van der Waals surface area contributed by atoms with E-state index in [1.807, 2.05) is 33.8 Å². The van der Waals surface area contributed by atoms with Crippen molar-refractivity contribution in [2.45, 2.75) is 39.8 Å². The number of aromatic nitrogens is 4. The predicted octanol–water partition coefficient (Wildman–Crippen LogP) is 4.47. The smallest absolute Gasteiger partial charge is 0.416 e. The fourth-order valence-electron chi connectivity index (χ4n) is 3.47. The molecule has 0 aliphatic rings. The molecule has 4 N–H and O–H groups in total. The number of pyridine rings is 1. The van der Waals surface area contributed by atoms with Crippen LogP contribution < -0.4 is 10.6 Å². The van der Waals surface area contributed by atoms with Gasteiger partial charge in [0.1, 0.15) is 28.1 Å². The molecule has 0 saturated carbocycles. The Balaban J connectivity index is 1.85. The lowest BCUT2D eigenvalue weighted by Crippen LogP contribution is -2.37. The van der Waals surface area contributed by atoms with Crippen molar-refractivity contribution in [2.24, 2.45) is 5.73 Å². The number of imidazole rings is 1. The Morgan fingerprint density at radius 3 is 2.74 bits per heavy atom. The van der Waals surface area contributed by atoms with Gasteiger partial charge in [-0.15, -0.1) is 0 Å². The molecule has 0 aliphatic carbocycles. The average molecular weight is 424 g/mol. The Morgan fingerprint density at radius 1 is 1.29 bits per heavy atom. The zero-order valence-corrected chi connectivity index (χ0v) is 17.9. The van der Waals surface area contributed by atoms with E-state index < -0.39 is 11.7 Å². The van der Waals surface area contributed by atoms with Gasteiger partial charge in [0, 0.05) is 29.7 Å². The third-order valence-corrected chi connectivity index (χ3v) is 4.90. The summed E-state index contributed by atoms with van der Waals surface area (Å²) in [5.74, 6) is 0.0836. The van der Waals surface area contributed by atoms with Crippen LogP contribution in [0.15, 0.2) is 30.6 Å². The number of carbonyl (C=O) groups excluding carboxylic acids is 1. The second kappa shape index (κ2) is 7.66. The molecule has 4 rings (SSSR count). The maximum Gasteiger partial charge on any atom is 0.416 e. The monoisotopic (exact) mass is 424 g/mol. The van der Waals surface area contributed by atoms with Crippen LogP contribution in [0, 0.1) is 5.82 Å². The molecule has 3 heterocycles. The zero-order chi connectivity index (χ0) is 22.3. The van der Waals surface area contributed by atoms with Gasteiger partial charge < -0.3 is 20.4 Å². The van der Waals surface area contributed by atoms with Crippen LogP contribution in [-0.2, 0) is 11.3 Å². The number of H-pyrrole nitrogens is 2. The highest BCUT2D eigenvalue weighted by Crippen LogP contribution is 2.33. The SMILES string of the molecule is CCN(C(=O)OC(C)(C)C)c1nc2[nH]c(-c3ccc(F)c(CN)c3)cc2c2nc[nH]c12. The number of benzene rings is 1. The van der Waals surface area contributed by atoms with Gasteiger partial charge in [0.15, 0.2) is 5.82 Å². The first-order chi connectivity index (χ1) is 14.7. The second-order valence-electron chi connectivity index (χ2n) is 8.24. The number of hydrogen-bond donors (Lipinski definition) is 3. The van der Waals surface area contributed by atoms with Crippen molar-refractivity contribution in [1.29, 1.82) is 0 Å². The molecule has 0 radical (unpaired) electrons. The average Bonchev–Trinajstić information content (AvgIpc) is 3.34. The second-order valence-corrected chi connectivity index (χ2v) is 8.24. The van der Waals surface area contributed by atoms with E-state index in [9.17, 15) is 9.18 Å². The molecule has 0 spiro atoms. The number of amides is 1. The molecule has 8 nitrogen and oxygen atoms in total. The normalized spacial score (nSPS) is 11.9. The van der Waals surface area contributed by atoms with E-state index in [1.54, 1.807) is 18.5 Å². The first-order valence-corrected chi connectivity index (χ1v) is 10.1. The molecule has 0 aliphatic heterocycles. The summed E-state index contributed by atoms with van der Waals surface area (Å²) in [5.41, 5.74) is 8.84. The van der Waals surface area contributed by atoms with Crippen LogP contribution in [-0.4, -0.2) is 38.2 Å². The summed E-state index contributed by atoms with van der Waals surface area (Å²) in [4.78, 5) is 29.8. The molecule has 0 unspecified atom stereocenters. The summed E-state index contributed by atoms with van der Waals surface area (Å²) < 4.78 is 19.4. The number of nitrogens with one attached hydrogen (secondary N) is 2. The van der Waals surface area contributed by atoms with Gasteiger partial charge in [-0.2, -0.15) is 0 Å². The van der Waals surface area contributed by atoms with Crippen molar-refractivity contribution >= 4 is 34.0 Å². The van der Waals surface area contributed by atoms with E-state index in [4.69, 9.17) is 15.5 Å². The third kappa shape index (κ3) is 3.84. The fourth-order valence-corrected chi connectivity index (χ4v) is 3.47. The molecular weight excluding hydrogens is 399 g/mol. The van der Waals surface area contributed by atoms with E-state index >= 15 is 0 Å². The van der Waals surface area contributed by atoms with E-state index in [0.29, 0.717) is 34.6 Å². The van der Waals surface area contributed by atoms with Crippen LogP contribution in [0.1, 0.15) is 33.3 Å². The Kier molecular flexibility index (Phi) is 5.14. The highest BCUT2D eigenvalue weighted by Gasteiger charge is 2.26. The van der Waals surface area contributed by atoms with E-state index in [0.717, 1.165) is 16.6 Å². The molecule has 0 saturated heterocycles. The lowest BCUT2D eigenvalue weighted by molar-refractivity contribution is 0.0581. The Morgan fingerprint density at radius 2 is 2.06 bits per heavy atom. The molecule has 1 amide bonds. The van der Waals surface area contributed by atoms with Crippen LogP contribution in [0.25, 0.3) is 33.3 Å². The van der Waals surface area contributed by atoms with Crippen molar-refractivity contribution in [3.8, 4) is 11.3 Å². The van der Waals surface area contributed by atoms with Crippen molar-refractivity contribution in [3.05, 3.63) is 42.0 Å². The number of nitrogens with two attached hydrogens (primary N) is 1. The quantitative estimate of drug-likeness (QED) is 0.447. The van der Waals surface area contributed by atoms with Crippen LogP contribution in [0.3, 0.4) is 0 Å². The minimum atomic E-state index is -0.634. The summed E-state index contributed by atoms with van der Waals surface area (Å²) in [6.45, 7) is 7.77. The lowest BCUT2D eigenvalue weighted by Gasteiger charge is -2.26. The molecule has 0 atom stereocenters. The zero-order valence-electron chi connectivity index (χ0n) is 17.9. The molecule has 1 aromatic carbocycles. The van der Waals surface area contributed by atoms with Crippen molar-refractivity contribution in [2.75, 3.05) is 11.4 Å². The van der Waals surface area contributed by atoms with Crippen LogP contribution in [0.4, 0.5) is 15.0 Å². The van der Waals surface area contributed by atoms with Gasteiger partial charge in [0.25, 0.3) is 0 Å². The minimum Gasteiger partial charge on any atom is -0.443 e. The van der Waals surface area contributed by atoms with Gasteiger partial charge in [0.2, 0.25) is 0 Å². The summed E-state index contributed by atoms with van der Waals surface area (Å²) >= 11 is 0. The lowest BCUT2D eigenvalue weighted by atomic mass is 10.1. The van der Waals surface area contributed by atoms with Gasteiger partial charge in [-0.25, -0.2) is 19.2 Å². The third-order valence-electron chi connectivity index (χ3n) is 4.90. The molecule has 3 aromatic heterocycles. The molecule has 9 heteroatoms. The molecule has 162 valence electrons. The Labute approximate surface area is 178 Å². The van der Waals surface area contributed by atoms with E-state index in [1.165, 1.54) is 11.0 Å². The highest BCUT2D eigenvalue weighted by molar-refractivity contribution is 6.09. The van der Waals surface area contributed by atoms with Crippen molar-refractivity contribution < 1.29 is 13.9 Å². The molecule has 31 heavy (non-hydrogen) atoms. The highest BCUT2D eigenvalue weighted by atomic mass is 19.1. The van der Waals surface area contributed by atoms with Crippen LogP contribution in [0.5, 0.6) is 0 Å². The topological polar surface area (TPSA) is 113 Å². The number of nitrogens with zero attached hydrogens (tertiary/aromatic N) is 3. The maximum atomic E-state index is 13.9. The standard InChI is InChI=1S/C22H25FN6O2/c1-5-29(21(30)31-22(2,3)4)20-18-17(25-11-26-18)14-9-16(27-19(14)28-20)12-6-7-15(23)13(8-12)10-24/h6-9,11H,5,10,24H2,1-4H3,(H,25,26)(H,27,28). The largest absolute Gasteiger partial charge is 0.443 e. The van der Waals surface area contributed by atoms with Gasteiger partial charge in [-0.05, 0) is 57.5 Å². The number of hydrogen-bond acceptors (Lipinski definition) is 5. The summed E-state index contributed by atoms with van der Waals surface area (Å²) in [7, 11) is 0. The molecule has 0 bridgehead atoms. The van der Waals surface area contributed by atoms with Crippen molar-refractivity contribution in [1.82, 2.24) is 19.9 Å². The first kappa shape index (κ1) is 20.8. The summed E-state index contributed by atoms with van der Waals surface area (Å²) in [6, 6.07) is 6.70. The number of halogens is 1. The number of rotatable bonds is 4. The Hall–Kier alpha value is -3.46. The number of aromatic amines is 2. The van der Waals surface area contributed by atoms with Crippen LogP contribution in [0.2, 0.25) is 0 Å². The van der Waals surface area contributed by atoms with Crippen LogP contribution >= 0.6 is 0 Å². The fraction of sp³-hybridized carbons (Fsp3) is 0.318. The van der Waals surface area contributed by atoms with E-state index in [-0.39, 0.29) is 12.4 Å². The first-order valence-electron chi connectivity index (χ1n) is 10.1. The number of anilines is 1. The Bertz CT molecular complexity index is 1270. The molecular formula is C22H25FN6O2. The van der Waals surface area contributed by atoms with Gasteiger partial charge in [0.05, 0.1) is 6.33 Å². The summed E-state index contributed by atoms with van der Waals surface area (Å²) in [6.07, 6.45) is 1.07. The summed E-state index contributed by atoms with van der Waals surface area (Å²) in [5, 5.41) is 0.786. The number of carbonyl (C=O) groups is 1. The van der Waals surface area contributed by atoms with Gasteiger partial charge >= 0.3 is 6.09 Å². The van der Waals surface area contributed by atoms with E-state index in [2.05, 4.69) is 15.0 Å². The molecule has 0 fully saturated rings. The van der Waals surface area contributed by atoms with Gasteiger partial charge in [-0.1, -0.05) is 0 Å². The number of fused-ring (bicyclic) bond motifs is 3. The van der Waals surface area contributed by atoms with Gasteiger partial charge in [-0.3, -0.25) is 4.90 Å². The predicted molar refractivity (Wildman–Crippen MR) is 118 cm³/mol.